The Labute approximate surface area is 188 Å². The molecule has 2 N–H and O–H groups in total. The van der Waals surface area contributed by atoms with E-state index in [0.717, 1.165) is 11.1 Å². The van der Waals surface area contributed by atoms with Gasteiger partial charge in [0.2, 0.25) is 11.8 Å². The highest BCUT2D eigenvalue weighted by atomic mass is 16.6. The van der Waals surface area contributed by atoms with Gasteiger partial charge in [-0.2, -0.15) is 0 Å². The number of aryl methyl sites for hydroxylation is 2. The first-order chi connectivity index (χ1) is 15.3. The fourth-order valence-electron chi connectivity index (χ4n) is 5.67. The smallest absolute Gasteiger partial charge is 0.312 e. The first kappa shape index (κ1) is 22.7. The molecule has 3 aliphatic rings. The molecule has 1 aromatic rings. The summed E-state index contributed by atoms with van der Waals surface area (Å²) in [7, 11) is 0. The van der Waals surface area contributed by atoms with Crippen LogP contribution in [0.5, 0.6) is 0 Å². The summed E-state index contributed by atoms with van der Waals surface area (Å²) in [6.45, 7) is 6.18. The molecule has 3 heterocycles. The van der Waals surface area contributed by atoms with Crippen LogP contribution in [0, 0.1) is 25.7 Å². The molecule has 0 radical (unpaired) electrons. The monoisotopic (exact) mass is 444 g/mol. The number of carbonyl (C=O) groups excluding carboxylic acids is 3. The molecule has 3 aliphatic heterocycles. The number of nitrogens with one attached hydrogen (secondary N) is 1. The predicted molar refractivity (Wildman–Crippen MR) is 117 cm³/mol. The summed E-state index contributed by atoms with van der Waals surface area (Å²) in [4.78, 5) is 41.5. The zero-order valence-electron chi connectivity index (χ0n) is 18.9. The Hall–Kier alpha value is -2.45. The average molecular weight is 445 g/mol. The van der Waals surface area contributed by atoms with Gasteiger partial charge in [-0.3, -0.25) is 14.4 Å². The first-order valence-electron chi connectivity index (χ1n) is 11.5. The second-order valence-electron chi connectivity index (χ2n) is 9.08. The lowest BCUT2D eigenvalue weighted by atomic mass is 9.70. The molecule has 0 saturated carbocycles. The number of rotatable bonds is 8. The van der Waals surface area contributed by atoms with Gasteiger partial charge in [-0.05, 0) is 63.6 Å². The molecule has 1 aromatic carbocycles. The van der Waals surface area contributed by atoms with Crippen molar-refractivity contribution >= 4 is 23.5 Å². The topological polar surface area (TPSA) is 105 Å². The van der Waals surface area contributed by atoms with Crippen LogP contribution in [0.15, 0.2) is 18.2 Å². The lowest BCUT2D eigenvalue weighted by Crippen LogP contribution is -2.53. The molecule has 5 atom stereocenters. The molecule has 8 nitrogen and oxygen atoms in total. The summed E-state index contributed by atoms with van der Waals surface area (Å²) in [5, 5.41) is 12.2. The van der Waals surface area contributed by atoms with Crippen LogP contribution in [0.25, 0.3) is 0 Å². The number of carbonyl (C=O) groups is 3. The van der Waals surface area contributed by atoms with E-state index in [1.807, 2.05) is 32.0 Å². The summed E-state index contributed by atoms with van der Waals surface area (Å²) in [6.07, 6.45) is 1.85. The van der Waals surface area contributed by atoms with Gasteiger partial charge in [0.25, 0.3) is 0 Å². The number of aliphatic hydroxyl groups excluding tert-OH is 1. The Morgan fingerprint density at radius 3 is 2.81 bits per heavy atom. The zero-order chi connectivity index (χ0) is 23.0. The van der Waals surface area contributed by atoms with E-state index in [1.54, 1.807) is 11.8 Å². The van der Waals surface area contributed by atoms with E-state index in [1.165, 1.54) is 0 Å². The third-order valence-electron chi connectivity index (χ3n) is 7.07. The highest BCUT2D eigenvalue weighted by Gasteiger charge is 2.74. The van der Waals surface area contributed by atoms with Gasteiger partial charge in [0.15, 0.2) is 0 Å². The highest BCUT2D eigenvalue weighted by molar-refractivity contribution is 6.03. The molecule has 0 aliphatic carbocycles. The third-order valence-corrected chi connectivity index (χ3v) is 7.07. The minimum Gasteiger partial charge on any atom is -0.466 e. The maximum absolute atomic E-state index is 13.6. The number of amides is 2. The second-order valence-corrected chi connectivity index (χ2v) is 9.08. The Morgan fingerprint density at radius 2 is 2.09 bits per heavy atom. The maximum Gasteiger partial charge on any atom is 0.312 e. The number of benzene rings is 1. The standard InChI is InChI=1S/C24H32N2O6/c1-4-31-23(30)18-17-9-10-24(32-17)19(18)22(29)26(11-5-6-12-27)20(24)21(28)25-16-13-14(2)7-8-15(16)3/h7-8,13,17-20,27H,4-6,9-12H2,1-3H3,(H,25,28)/t17-,18+,19+,20-,24+/m1/s1. The van der Waals surface area contributed by atoms with E-state index < -0.39 is 35.6 Å². The molecule has 0 unspecified atom stereocenters. The molecule has 2 bridgehead atoms. The summed E-state index contributed by atoms with van der Waals surface area (Å²) < 4.78 is 11.6. The van der Waals surface area contributed by atoms with Crippen molar-refractivity contribution in [3.05, 3.63) is 29.3 Å². The molecule has 3 saturated heterocycles. The third kappa shape index (κ3) is 3.59. The van der Waals surface area contributed by atoms with Gasteiger partial charge in [-0.1, -0.05) is 12.1 Å². The number of ether oxygens (including phenoxy) is 2. The van der Waals surface area contributed by atoms with Crippen LogP contribution in [0.3, 0.4) is 0 Å². The number of esters is 1. The second kappa shape index (κ2) is 8.83. The van der Waals surface area contributed by atoms with Crippen LogP contribution in [0.1, 0.15) is 43.7 Å². The van der Waals surface area contributed by atoms with Crippen molar-refractivity contribution in [2.75, 3.05) is 25.1 Å². The number of nitrogens with zero attached hydrogens (tertiary/aromatic N) is 1. The van der Waals surface area contributed by atoms with Gasteiger partial charge in [-0.25, -0.2) is 0 Å². The van der Waals surface area contributed by atoms with Crippen LogP contribution in [-0.2, 0) is 23.9 Å². The first-order valence-corrected chi connectivity index (χ1v) is 11.5. The van der Waals surface area contributed by atoms with Crippen molar-refractivity contribution in [1.82, 2.24) is 4.90 Å². The molecule has 4 rings (SSSR count). The lowest BCUT2D eigenvalue weighted by Gasteiger charge is -2.33. The van der Waals surface area contributed by atoms with E-state index >= 15 is 0 Å². The quantitative estimate of drug-likeness (QED) is 0.469. The average Bonchev–Trinajstić information content (AvgIpc) is 3.39. The highest BCUT2D eigenvalue weighted by Crippen LogP contribution is 2.58. The van der Waals surface area contributed by atoms with E-state index in [2.05, 4.69) is 5.32 Å². The van der Waals surface area contributed by atoms with Crippen molar-refractivity contribution in [1.29, 1.82) is 0 Å². The van der Waals surface area contributed by atoms with Crippen LogP contribution >= 0.6 is 0 Å². The number of hydrogen-bond donors (Lipinski definition) is 2. The number of fused-ring (bicyclic) bond motifs is 1. The summed E-state index contributed by atoms with van der Waals surface area (Å²) in [5.74, 6) is -2.37. The van der Waals surface area contributed by atoms with Gasteiger partial charge in [0.05, 0.1) is 24.5 Å². The van der Waals surface area contributed by atoms with Crippen LogP contribution in [0.4, 0.5) is 5.69 Å². The molecule has 8 heteroatoms. The molecule has 3 fully saturated rings. The van der Waals surface area contributed by atoms with Crippen molar-refractivity contribution in [3.8, 4) is 0 Å². The lowest BCUT2D eigenvalue weighted by molar-refractivity contribution is -0.154. The van der Waals surface area contributed by atoms with Gasteiger partial charge in [-0.15, -0.1) is 0 Å². The normalized spacial score (nSPS) is 30.5. The largest absolute Gasteiger partial charge is 0.466 e. The van der Waals surface area contributed by atoms with E-state index in [-0.39, 0.29) is 25.0 Å². The maximum atomic E-state index is 13.6. The van der Waals surface area contributed by atoms with Crippen LogP contribution in [-0.4, -0.2) is 65.3 Å². The van der Waals surface area contributed by atoms with Gasteiger partial charge in [0, 0.05) is 18.8 Å². The van der Waals surface area contributed by atoms with E-state index in [0.29, 0.717) is 37.9 Å². The van der Waals surface area contributed by atoms with Gasteiger partial charge < -0.3 is 24.8 Å². The molecule has 1 spiro atoms. The molecule has 174 valence electrons. The molecule has 32 heavy (non-hydrogen) atoms. The number of likely N-dealkylation sites (tertiary alicyclic amines) is 1. The minimum atomic E-state index is -1.03. The predicted octanol–water partition coefficient (Wildman–Crippen LogP) is 1.95. The molecular weight excluding hydrogens is 412 g/mol. The molecule has 2 amide bonds. The number of aliphatic hydroxyl groups is 1. The minimum absolute atomic E-state index is 0.0139. The molecule has 0 aromatic heterocycles. The van der Waals surface area contributed by atoms with Gasteiger partial charge >= 0.3 is 5.97 Å². The Balaban J connectivity index is 1.68. The number of unbranched alkanes of at least 4 members (excludes halogenated alkanes) is 1. The van der Waals surface area contributed by atoms with E-state index in [9.17, 15) is 19.5 Å². The van der Waals surface area contributed by atoms with Crippen molar-refractivity contribution in [3.63, 3.8) is 0 Å². The summed E-state index contributed by atoms with van der Waals surface area (Å²) >= 11 is 0. The number of hydrogen-bond acceptors (Lipinski definition) is 6. The molecular formula is C24H32N2O6. The number of anilines is 1. The van der Waals surface area contributed by atoms with Crippen molar-refractivity contribution in [2.24, 2.45) is 11.8 Å². The van der Waals surface area contributed by atoms with Crippen molar-refractivity contribution in [2.45, 2.75) is 64.2 Å². The Morgan fingerprint density at radius 1 is 1.31 bits per heavy atom. The summed E-state index contributed by atoms with van der Waals surface area (Å²) in [5.41, 5.74) is 1.62. The Kier molecular flexibility index (Phi) is 6.27. The van der Waals surface area contributed by atoms with Crippen molar-refractivity contribution < 1.29 is 29.0 Å². The van der Waals surface area contributed by atoms with Gasteiger partial charge in [0.1, 0.15) is 11.6 Å². The van der Waals surface area contributed by atoms with Crippen LogP contribution < -0.4 is 5.32 Å². The SMILES string of the molecule is CCOC(=O)[C@@H]1[C@H]2C(=O)N(CCCCO)[C@H](C(=O)Nc3cc(C)ccc3C)[C@]23CC[C@H]1O3. The summed E-state index contributed by atoms with van der Waals surface area (Å²) in [6, 6.07) is 5.00. The fourth-order valence-corrected chi connectivity index (χ4v) is 5.67. The fraction of sp³-hybridized carbons (Fsp3) is 0.625. The Bertz CT molecular complexity index is 918. The van der Waals surface area contributed by atoms with Crippen LogP contribution in [0.2, 0.25) is 0 Å². The zero-order valence-corrected chi connectivity index (χ0v) is 18.9. The van der Waals surface area contributed by atoms with E-state index in [4.69, 9.17) is 9.47 Å².